The van der Waals surface area contributed by atoms with Gasteiger partial charge in [0.05, 0.1) is 6.61 Å². The van der Waals surface area contributed by atoms with Crippen LogP contribution in [0, 0.1) is 23.7 Å². The van der Waals surface area contributed by atoms with Crippen molar-refractivity contribution in [2.45, 2.75) is 57.2 Å². The summed E-state index contributed by atoms with van der Waals surface area (Å²) >= 11 is 0. The van der Waals surface area contributed by atoms with Crippen LogP contribution in [0.1, 0.15) is 39.5 Å². The van der Waals surface area contributed by atoms with E-state index < -0.39 is 17.7 Å². The van der Waals surface area contributed by atoms with Crippen molar-refractivity contribution in [1.29, 1.82) is 0 Å². The Kier molecular flexibility index (Phi) is 2.81. The van der Waals surface area contributed by atoms with Crippen LogP contribution in [-0.2, 0) is 24.0 Å². The highest BCUT2D eigenvalue weighted by Gasteiger charge is 2.68. The van der Waals surface area contributed by atoms with Gasteiger partial charge in [0.25, 0.3) is 0 Å². The second-order valence-electron chi connectivity index (χ2n) is 7.04. The zero-order valence-corrected chi connectivity index (χ0v) is 12.0. The van der Waals surface area contributed by atoms with E-state index in [4.69, 9.17) is 19.2 Å². The minimum atomic E-state index is -0.717. The van der Waals surface area contributed by atoms with Crippen molar-refractivity contribution < 1.29 is 24.0 Å². The maximum Gasteiger partial charge on any atom is 0.201 e. The van der Waals surface area contributed by atoms with Crippen molar-refractivity contribution in [3.8, 4) is 0 Å². The normalized spacial score (nSPS) is 57.8. The van der Waals surface area contributed by atoms with Crippen LogP contribution in [0.5, 0.6) is 0 Å². The third kappa shape index (κ3) is 1.55. The van der Waals surface area contributed by atoms with Gasteiger partial charge >= 0.3 is 0 Å². The van der Waals surface area contributed by atoms with Crippen LogP contribution < -0.4 is 0 Å². The summed E-state index contributed by atoms with van der Waals surface area (Å²) in [7, 11) is 0. The summed E-state index contributed by atoms with van der Waals surface area (Å²) in [5.41, 5.74) is -0.600. The lowest BCUT2D eigenvalue weighted by atomic mass is 9.58. The van der Waals surface area contributed by atoms with Gasteiger partial charge in [0.2, 0.25) is 5.79 Å². The fourth-order valence-electron chi connectivity index (χ4n) is 4.79. The molecule has 0 aromatic rings. The van der Waals surface area contributed by atoms with Gasteiger partial charge in [-0.15, -0.1) is 0 Å². The Bertz CT molecular complexity index is 426. The summed E-state index contributed by atoms with van der Waals surface area (Å²) in [6.07, 6.45) is 4.53. The maximum absolute atomic E-state index is 11.4. The molecule has 5 aliphatic rings. The number of fused-ring (bicyclic) bond motifs is 2. The zero-order valence-electron chi connectivity index (χ0n) is 12.0. The molecule has 4 saturated heterocycles. The molecule has 1 spiro atoms. The Labute approximate surface area is 118 Å². The number of carbonyl (C=O) groups excluding carboxylic acids is 1. The summed E-state index contributed by atoms with van der Waals surface area (Å²) in [4.78, 5) is 23.0. The fraction of sp³-hybridized carbons (Fsp3) is 0.933. The largest absolute Gasteiger partial charge is 0.349 e. The molecule has 20 heavy (non-hydrogen) atoms. The van der Waals surface area contributed by atoms with E-state index in [1.54, 1.807) is 0 Å². The average Bonchev–Trinajstić information content (AvgIpc) is 2.67. The van der Waals surface area contributed by atoms with Gasteiger partial charge in [0, 0.05) is 18.3 Å². The third-order valence-electron chi connectivity index (χ3n) is 5.91. The van der Waals surface area contributed by atoms with Crippen molar-refractivity contribution in [2.24, 2.45) is 23.7 Å². The van der Waals surface area contributed by atoms with E-state index in [1.807, 2.05) is 6.92 Å². The van der Waals surface area contributed by atoms with Gasteiger partial charge in [-0.1, -0.05) is 6.92 Å². The quantitative estimate of drug-likeness (QED) is 0.544. The molecule has 112 valence electrons. The molecule has 2 bridgehead atoms. The number of hydrogen-bond acceptors (Lipinski definition) is 5. The molecule has 0 N–H and O–H groups in total. The molecule has 7 atom stereocenters. The van der Waals surface area contributed by atoms with Crippen molar-refractivity contribution in [1.82, 2.24) is 0 Å². The molecule has 1 saturated carbocycles. The summed E-state index contributed by atoms with van der Waals surface area (Å²) in [5.74, 6) is 0.179. The summed E-state index contributed by atoms with van der Waals surface area (Å²) in [5, 5.41) is 0. The van der Waals surface area contributed by atoms with Gasteiger partial charge in [0.1, 0.15) is 6.29 Å². The van der Waals surface area contributed by atoms with Gasteiger partial charge in [-0.05, 0) is 38.0 Å². The molecule has 5 heteroatoms. The molecule has 5 nitrogen and oxygen atoms in total. The molecule has 0 aromatic heterocycles. The van der Waals surface area contributed by atoms with E-state index in [1.165, 1.54) is 0 Å². The maximum atomic E-state index is 11.4. The third-order valence-corrected chi connectivity index (χ3v) is 5.91. The van der Waals surface area contributed by atoms with Gasteiger partial charge in [-0.25, -0.2) is 9.78 Å². The van der Waals surface area contributed by atoms with Crippen molar-refractivity contribution >= 4 is 6.29 Å². The lowest BCUT2D eigenvalue weighted by molar-refractivity contribution is -0.566. The van der Waals surface area contributed by atoms with Gasteiger partial charge in [0.15, 0.2) is 11.9 Å². The lowest BCUT2D eigenvalue weighted by Crippen LogP contribution is -2.69. The first-order valence-electron chi connectivity index (χ1n) is 7.70. The molecule has 5 rings (SSSR count). The van der Waals surface area contributed by atoms with E-state index in [2.05, 4.69) is 6.92 Å². The van der Waals surface area contributed by atoms with Gasteiger partial charge in [-0.3, -0.25) is 0 Å². The first-order valence-corrected chi connectivity index (χ1v) is 7.70. The van der Waals surface area contributed by atoms with Crippen LogP contribution >= 0.6 is 0 Å². The van der Waals surface area contributed by atoms with Crippen LogP contribution in [0.15, 0.2) is 0 Å². The Morgan fingerprint density at radius 2 is 2.00 bits per heavy atom. The number of carbonyl (C=O) groups is 1. The lowest BCUT2D eigenvalue weighted by Gasteiger charge is -2.58. The summed E-state index contributed by atoms with van der Waals surface area (Å²) in [6, 6.07) is 0. The molecule has 4 aliphatic heterocycles. The number of aldehydes is 1. The molecular formula is C15H22O5. The van der Waals surface area contributed by atoms with Crippen LogP contribution in [0.25, 0.3) is 0 Å². The highest BCUT2D eigenvalue weighted by atomic mass is 17.3. The summed E-state index contributed by atoms with van der Waals surface area (Å²) in [6.45, 7) is 4.61. The topological polar surface area (TPSA) is 54.0 Å². The highest BCUT2D eigenvalue weighted by molar-refractivity contribution is 5.55. The Morgan fingerprint density at radius 3 is 2.80 bits per heavy atom. The standard InChI is InChI=1S/C15H22O5/c1-9-3-4-12-10(7-16)8-17-13-15(12)11(9)5-6-14(2,18-13)19-20-15/h7,9-13H,3-6,8H2,1-2H3/t9-,10+,11+,12+,13-,14-,15-/m1/s1. The molecular weight excluding hydrogens is 260 g/mol. The number of ether oxygens (including phenoxy) is 2. The number of hydrogen-bond donors (Lipinski definition) is 0. The molecule has 4 heterocycles. The van der Waals surface area contributed by atoms with E-state index in [0.29, 0.717) is 18.4 Å². The second kappa shape index (κ2) is 4.26. The van der Waals surface area contributed by atoms with Crippen LogP contribution in [-0.4, -0.2) is 30.6 Å². The first-order chi connectivity index (χ1) is 9.59. The predicted octanol–water partition coefficient (Wildman–Crippen LogP) is 2.05. The number of rotatable bonds is 1. The fourth-order valence-corrected chi connectivity index (χ4v) is 4.79. The van der Waals surface area contributed by atoms with E-state index in [9.17, 15) is 4.79 Å². The Morgan fingerprint density at radius 1 is 1.15 bits per heavy atom. The summed E-state index contributed by atoms with van der Waals surface area (Å²) < 4.78 is 12.0. The monoisotopic (exact) mass is 282 g/mol. The van der Waals surface area contributed by atoms with E-state index in [0.717, 1.165) is 32.0 Å². The van der Waals surface area contributed by atoms with Gasteiger partial charge < -0.3 is 14.3 Å². The SMILES string of the molecule is C[C@@H]1CC[C@H]2[C@@H](C=O)CO[C@@H]3O[C@@]4(C)CC[C@@H]1[C@]32OO4. The van der Waals surface area contributed by atoms with Gasteiger partial charge in [-0.2, -0.15) is 0 Å². The molecule has 1 aliphatic carbocycles. The highest BCUT2D eigenvalue weighted by Crippen LogP contribution is 2.59. The molecule has 0 unspecified atom stereocenters. The molecule has 5 fully saturated rings. The second-order valence-corrected chi connectivity index (χ2v) is 7.04. The Balaban J connectivity index is 1.81. The van der Waals surface area contributed by atoms with Crippen molar-refractivity contribution in [2.75, 3.05) is 6.61 Å². The molecule has 0 aromatic carbocycles. The van der Waals surface area contributed by atoms with Crippen LogP contribution in [0.3, 0.4) is 0 Å². The minimum absolute atomic E-state index is 0.115. The Hall–Kier alpha value is -0.490. The van der Waals surface area contributed by atoms with Crippen LogP contribution in [0.4, 0.5) is 0 Å². The average molecular weight is 282 g/mol. The van der Waals surface area contributed by atoms with Crippen LogP contribution in [0.2, 0.25) is 0 Å². The zero-order chi connectivity index (χ0) is 14.0. The molecule has 0 radical (unpaired) electrons. The first kappa shape index (κ1) is 13.2. The smallest absolute Gasteiger partial charge is 0.201 e. The minimum Gasteiger partial charge on any atom is -0.349 e. The van der Waals surface area contributed by atoms with E-state index >= 15 is 0 Å². The predicted molar refractivity (Wildman–Crippen MR) is 68.3 cm³/mol. The van der Waals surface area contributed by atoms with E-state index in [-0.39, 0.29) is 11.8 Å². The molecule has 0 amide bonds. The van der Waals surface area contributed by atoms with Crippen molar-refractivity contribution in [3.05, 3.63) is 0 Å². The van der Waals surface area contributed by atoms with Crippen molar-refractivity contribution in [3.63, 3.8) is 0 Å².